The quantitative estimate of drug-likeness (QED) is 0.745. The maximum atomic E-state index is 11.2. The first-order valence-corrected chi connectivity index (χ1v) is 6.50. The molecule has 2 rings (SSSR count). The predicted octanol–water partition coefficient (Wildman–Crippen LogP) is 1.12. The SMILES string of the molecule is CC(C)C(O)CNCc1ccc2c(c1)NC(=O)CO2. The molecule has 1 unspecified atom stereocenters. The van der Waals surface area contributed by atoms with Crippen LogP contribution in [0.1, 0.15) is 19.4 Å². The summed E-state index contributed by atoms with van der Waals surface area (Å²) in [7, 11) is 0. The zero-order valence-electron chi connectivity index (χ0n) is 11.3. The Morgan fingerprint density at radius 1 is 1.47 bits per heavy atom. The highest BCUT2D eigenvalue weighted by atomic mass is 16.5. The second-order valence-electron chi connectivity index (χ2n) is 5.11. The van der Waals surface area contributed by atoms with E-state index in [9.17, 15) is 9.90 Å². The van der Waals surface area contributed by atoms with Gasteiger partial charge in [-0.1, -0.05) is 19.9 Å². The molecule has 1 heterocycles. The van der Waals surface area contributed by atoms with E-state index in [2.05, 4.69) is 10.6 Å². The third-order valence-electron chi connectivity index (χ3n) is 3.13. The Bertz CT molecular complexity index is 460. The van der Waals surface area contributed by atoms with Crippen LogP contribution in [0.4, 0.5) is 5.69 Å². The van der Waals surface area contributed by atoms with Gasteiger partial charge in [0.2, 0.25) is 0 Å². The molecule has 19 heavy (non-hydrogen) atoms. The number of amides is 1. The highest BCUT2D eigenvalue weighted by molar-refractivity contribution is 5.95. The van der Waals surface area contributed by atoms with Crippen LogP contribution in [-0.4, -0.2) is 30.3 Å². The molecule has 1 atom stereocenters. The number of hydrogen-bond donors (Lipinski definition) is 3. The Morgan fingerprint density at radius 2 is 2.26 bits per heavy atom. The van der Waals surface area contributed by atoms with Gasteiger partial charge in [0.05, 0.1) is 11.8 Å². The minimum absolute atomic E-state index is 0.0746. The monoisotopic (exact) mass is 264 g/mol. The highest BCUT2D eigenvalue weighted by Gasteiger charge is 2.15. The number of rotatable bonds is 5. The summed E-state index contributed by atoms with van der Waals surface area (Å²) in [5.41, 5.74) is 1.75. The Balaban J connectivity index is 1.91. The van der Waals surface area contributed by atoms with Gasteiger partial charge < -0.3 is 20.5 Å². The lowest BCUT2D eigenvalue weighted by Gasteiger charge is -2.19. The van der Waals surface area contributed by atoms with Crippen molar-refractivity contribution in [1.82, 2.24) is 5.32 Å². The summed E-state index contributed by atoms with van der Waals surface area (Å²) in [6, 6.07) is 5.69. The third-order valence-corrected chi connectivity index (χ3v) is 3.13. The molecule has 104 valence electrons. The Kier molecular flexibility index (Phi) is 4.39. The highest BCUT2D eigenvalue weighted by Crippen LogP contribution is 2.28. The fraction of sp³-hybridized carbons (Fsp3) is 0.500. The van der Waals surface area contributed by atoms with E-state index in [1.54, 1.807) is 0 Å². The number of benzene rings is 1. The number of carbonyl (C=O) groups excluding carboxylic acids is 1. The van der Waals surface area contributed by atoms with Crippen molar-refractivity contribution in [1.29, 1.82) is 0 Å². The van der Waals surface area contributed by atoms with Gasteiger partial charge in [-0.15, -0.1) is 0 Å². The van der Waals surface area contributed by atoms with E-state index in [4.69, 9.17) is 4.74 Å². The molecule has 0 radical (unpaired) electrons. The molecule has 1 amide bonds. The summed E-state index contributed by atoms with van der Waals surface area (Å²) in [6.45, 7) is 5.24. The number of aliphatic hydroxyl groups is 1. The maximum absolute atomic E-state index is 11.2. The molecule has 0 aromatic heterocycles. The third kappa shape index (κ3) is 3.68. The first kappa shape index (κ1) is 13.8. The van der Waals surface area contributed by atoms with Gasteiger partial charge in [-0.2, -0.15) is 0 Å². The van der Waals surface area contributed by atoms with Gasteiger partial charge in [0.25, 0.3) is 5.91 Å². The van der Waals surface area contributed by atoms with E-state index < -0.39 is 0 Å². The van der Waals surface area contributed by atoms with Crippen molar-refractivity contribution in [3.8, 4) is 5.75 Å². The zero-order chi connectivity index (χ0) is 13.8. The van der Waals surface area contributed by atoms with Crippen molar-refractivity contribution in [3.63, 3.8) is 0 Å². The van der Waals surface area contributed by atoms with Gasteiger partial charge in [-0.05, 0) is 23.6 Å². The summed E-state index contributed by atoms with van der Waals surface area (Å²) in [4.78, 5) is 11.2. The molecule has 0 saturated carbocycles. The van der Waals surface area contributed by atoms with Crippen LogP contribution >= 0.6 is 0 Å². The Morgan fingerprint density at radius 3 is 3.00 bits per heavy atom. The summed E-state index contributed by atoms with van der Waals surface area (Å²) < 4.78 is 5.29. The van der Waals surface area contributed by atoms with Gasteiger partial charge >= 0.3 is 0 Å². The summed E-state index contributed by atoms with van der Waals surface area (Å²) in [5, 5.41) is 15.7. The number of aliphatic hydroxyl groups excluding tert-OH is 1. The van der Waals surface area contributed by atoms with Crippen LogP contribution in [0.3, 0.4) is 0 Å². The molecule has 1 aliphatic rings. The topological polar surface area (TPSA) is 70.6 Å². The fourth-order valence-corrected chi connectivity index (χ4v) is 1.84. The van der Waals surface area contributed by atoms with Crippen LogP contribution in [0.15, 0.2) is 18.2 Å². The van der Waals surface area contributed by atoms with E-state index in [1.807, 2.05) is 32.0 Å². The smallest absolute Gasteiger partial charge is 0.262 e. The van der Waals surface area contributed by atoms with Crippen LogP contribution < -0.4 is 15.4 Å². The molecule has 0 bridgehead atoms. The van der Waals surface area contributed by atoms with E-state index >= 15 is 0 Å². The van der Waals surface area contributed by atoms with Crippen LogP contribution in [0.2, 0.25) is 0 Å². The Labute approximate surface area is 113 Å². The second-order valence-corrected chi connectivity index (χ2v) is 5.11. The molecule has 0 spiro atoms. The lowest BCUT2D eigenvalue weighted by atomic mass is 10.1. The molecule has 0 aliphatic carbocycles. The summed E-state index contributed by atoms with van der Waals surface area (Å²) in [6.07, 6.45) is -0.347. The van der Waals surface area contributed by atoms with E-state index in [1.165, 1.54) is 0 Å². The number of ether oxygens (including phenoxy) is 1. The van der Waals surface area contributed by atoms with Crippen molar-refractivity contribution in [2.45, 2.75) is 26.5 Å². The average molecular weight is 264 g/mol. The number of nitrogens with one attached hydrogen (secondary N) is 2. The standard InChI is InChI=1S/C14H20N2O3/c1-9(2)12(17)7-15-6-10-3-4-13-11(5-10)16-14(18)8-19-13/h3-5,9,12,15,17H,6-8H2,1-2H3,(H,16,18). The van der Waals surface area contributed by atoms with Crippen molar-refractivity contribution in [3.05, 3.63) is 23.8 Å². The zero-order valence-corrected chi connectivity index (χ0v) is 11.3. The number of carbonyl (C=O) groups is 1. The van der Waals surface area contributed by atoms with Crippen molar-refractivity contribution < 1.29 is 14.6 Å². The molecule has 3 N–H and O–H groups in total. The predicted molar refractivity (Wildman–Crippen MR) is 73.1 cm³/mol. The van der Waals surface area contributed by atoms with Crippen molar-refractivity contribution >= 4 is 11.6 Å². The minimum atomic E-state index is -0.347. The fourth-order valence-electron chi connectivity index (χ4n) is 1.84. The van der Waals surface area contributed by atoms with Crippen molar-refractivity contribution in [2.24, 2.45) is 5.92 Å². The lowest BCUT2D eigenvalue weighted by Crippen LogP contribution is -2.30. The second kappa shape index (κ2) is 6.04. The summed E-state index contributed by atoms with van der Waals surface area (Å²) >= 11 is 0. The molecular weight excluding hydrogens is 244 g/mol. The molecular formula is C14H20N2O3. The molecule has 1 aromatic rings. The van der Waals surface area contributed by atoms with Gasteiger partial charge in [0.1, 0.15) is 5.75 Å². The van der Waals surface area contributed by atoms with E-state index in [-0.39, 0.29) is 24.5 Å². The van der Waals surface area contributed by atoms with Crippen molar-refractivity contribution in [2.75, 3.05) is 18.5 Å². The maximum Gasteiger partial charge on any atom is 0.262 e. The van der Waals surface area contributed by atoms with Crippen LogP contribution in [0.5, 0.6) is 5.75 Å². The first-order chi connectivity index (χ1) is 9.06. The number of fused-ring (bicyclic) bond motifs is 1. The van der Waals surface area contributed by atoms with Gasteiger partial charge in [0.15, 0.2) is 6.61 Å². The molecule has 1 aromatic carbocycles. The largest absolute Gasteiger partial charge is 0.482 e. The average Bonchev–Trinajstić information content (AvgIpc) is 2.38. The van der Waals surface area contributed by atoms with Gasteiger partial charge in [-0.25, -0.2) is 0 Å². The van der Waals surface area contributed by atoms with Crippen LogP contribution in [0, 0.1) is 5.92 Å². The molecule has 0 fully saturated rings. The summed E-state index contributed by atoms with van der Waals surface area (Å²) in [5.74, 6) is 0.808. The molecule has 5 heteroatoms. The number of anilines is 1. The van der Waals surface area contributed by atoms with Gasteiger partial charge in [-0.3, -0.25) is 4.79 Å². The minimum Gasteiger partial charge on any atom is -0.482 e. The lowest BCUT2D eigenvalue weighted by molar-refractivity contribution is -0.118. The number of hydrogen-bond acceptors (Lipinski definition) is 4. The van der Waals surface area contributed by atoms with Crippen LogP contribution in [-0.2, 0) is 11.3 Å². The first-order valence-electron chi connectivity index (χ1n) is 6.50. The molecule has 5 nitrogen and oxygen atoms in total. The van der Waals surface area contributed by atoms with Gasteiger partial charge in [0, 0.05) is 13.1 Å². The van der Waals surface area contributed by atoms with Crippen LogP contribution in [0.25, 0.3) is 0 Å². The normalized spacial score (nSPS) is 15.7. The Hall–Kier alpha value is -1.59. The molecule has 1 aliphatic heterocycles. The van der Waals surface area contributed by atoms with E-state index in [0.29, 0.717) is 24.5 Å². The van der Waals surface area contributed by atoms with E-state index in [0.717, 1.165) is 5.56 Å². The molecule has 0 saturated heterocycles.